The second kappa shape index (κ2) is 4.90. The number of benzene rings is 1. The highest BCUT2D eigenvalue weighted by molar-refractivity contribution is 6.31. The van der Waals surface area contributed by atoms with Crippen LogP contribution in [0.1, 0.15) is 30.0 Å². The maximum Gasteiger partial charge on any atom is 0.125 e. The zero-order valence-corrected chi connectivity index (χ0v) is 10.2. The van der Waals surface area contributed by atoms with Gasteiger partial charge in [0.1, 0.15) is 17.3 Å². The third-order valence-electron chi connectivity index (χ3n) is 2.63. The van der Waals surface area contributed by atoms with E-state index in [1.165, 1.54) is 12.1 Å². The molecule has 0 aliphatic heterocycles. The largest absolute Gasteiger partial charge is 0.464 e. The Kier molecular flexibility index (Phi) is 3.50. The summed E-state index contributed by atoms with van der Waals surface area (Å²) in [7, 11) is 0. The molecule has 17 heavy (non-hydrogen) atoms. The summed E-state index contributed by atoms with van der Waals surface area (Å²) in [5, 5.41) is 0.312. The maximum absolute atomic E-state index is 12.9. The van der Waals surface area contributed by atoms with E-state index >= 15 is 0 Å². The molecule has 0 saturated heterocycles. The lowest BCUT2D eigenvalue weighted by Crippen LogP contribution is -2.11. The summed E-state index contributed by atoms with van der Waals surface area (Å²) in [5.41, 5.74) is 6.69. The molecule has 2 nitrogen and oxygen atoms in total. The van der Waals surface area contributed by atoms with E-state index in [0.29, 0.717) is 16.3 Å². The molecular weight excluding hydrogens is 241 g/mol. The van der Waals surface area contributed by atoms with Crippen molar-refractivity contribution < 1.29 is 8.81 Å². The molecule has 0 saturated carbocycles. The molecule has 0 radical (unpaired) electrons. The molecule has 90 valence electrons. The Labute approximate surface area is 104 Å². The first-order chi connectivity index (χ1) is 8.11. The first kappa shape index (κ1) is 12.1. The molecule has 1 atom stereocenters. The van der Waals surface area contributed by atoms with Crippen LogP contribution in [0.4, 0.5) is 4.39 Å². The highest BCUT2D eigenvalue weighted by Crippen LogP contribution is 2.28. The second-order valence-corrected chi connectivity index (χ2v) is 4.21. The molecule has 2 aromatic rings. The van der Waals surface area contributed by atoms with Crippen LogP contribution in [-0.4, -0.2) is 0 Å². The normalized spacial score (nSPS) is 12.7. The van der Waals surface area contributed by atoms with Gasteiger partial charge in [0.15, 0.2) is 0 Å². The average molecular weight is 254 g/mol. The van der Waals surface area contributed by atoms with Gasteiger partial charge in [0.25, 0.3) is 0 Å². The van der Waals surface area contributed by atoms with Crippen LogP contribution >= 0.6 is 11.6 Å². The van der Waals surface area contributed by atoms with Gasteiger partial charge in [-0.25, -0.2) is 4.39 Å². The van der Waals surface area contributed by atoms with E-state index in [1.54, 1.807) is 6.07 Å². The SMILES string of the molecule is CCc1ccc(C(N)c2ccc(F)cc2Cl)o1. The zero-order valence-electron chi connectivity index (χ0n) is 9.41. The first-order valence-corrected chi connectivity index (χ1v) is 5.78. The predicted molar refractivity (Wildman–Crippen MR) is 65.5 cm³/mol. The Morgan fingerprint density at radius 2 is 2.12 bits per heavy atom. The third-order valence-corrected chi connectivity index (χ3v) is 2.96. The topological polar surface area (TPSA) is 39.2 Å². The number of furan rings is 1. The Morgan fingerprint density at radius 1 is 1.35 bits per heavy atom. The van der Waals surface area contributed by atoms with E-state index in [4.69, 9.17) is 21.8 Å². The summed E-state index contributed by atoms with van der Waals surface area (Å²) in [6.45, 7) is 2.00. The molecule has 0 aliphatic rings. The summed E-state index contributed by atoms with van der Waals surface area (Å²) in [6.07, 6.45) is 0.809. The summed E-state index contributed by atoms with van der Waals surface area (Å²) in [4.78, 5) is 0. The van der Waals surface area contributed by atoms with Crippen LogP contribution in [0.5, 0.6) is 0 Å². The number of aryl methyl sites for hydroxylation is 1. The highest BCUT2D eigenvalue weighted by Gasteiger charge is 2.16. The Hall–Kier alpha value is -1.32. The zero-order chi connectivity index (χ0) is 12.4. The van der Waals surface area contributed by atoms with Crippen LogP contribution in [0.3, 0.4) is 0 Å². The van der Waals surface area contributed by atoms with E-state index in [1.807, 2.05) is 19.1 Å². The molecule has 0 bridgehead atoms. The lowest BCUT2D eigenvalue weighted by atomic mass is 10.1. The fourth-order valence-corrected chi connectivity index (χ4v) is 1.94. The average Bonchev–Trinajstić information content (AvgIpc) is 2.76. The minimum Gasteiger partial charge on any atom is -0.464 e. The van der Waals surface area contributed by atoms with Gasteiger partial charge in [-0.05, 0) is 29.8 Å². The molecule has 1 aromatic carbocycles. The Balaban J connectivity index is 2.33. The number of halogens is 2. The van der Waals surface area contributed by atoms with Crippen molar-refractivity contribution in [2.75, 3.05) is 0 Å². The fourth-order valence-electron chi connectivity index (χ4n) is 1.66. The van der Waals surface area contributed by atoms with Crippen LogP contribution in [0.2, 0.25) is 5.02 Å². The van der Waals surface area contributed by atoms with Crippen molar-refractivity contribution in [2.24, 2.45) is 5.73 Å². The summed E-state index contributed by atoms with van der Waals surface area (Å²) < 4.78 is 18.5. The minimum absolute atomic E-state index is 0.312. The molecule has 0 fully saturated rings. The van der Waals surface area contributed by atoms with Crippen molar-refractivity contribution in [2.45, 2.75) is 19.4 Å². The van der Waals surface area contributed by atoms with Gasteiger partial charge in [0.2, 0.25) is 0 Å². The van der Waals surface area contributed by atoms with E-state index in [2.05, 4.69) is 0 Å². The Morgan fingerprint density at radius 3 is 2.71 bits per heavy atom. The van der Waals surface area contributed by atoms with Gasteiger partial charge >= 0.3 is 0 Å². The molecule has 0 amide bonds. The number of hydrogen-bond acceptors (Lipinski definition) is 2. The maximum atomic E-state index is 12.9. The van der Waals surface area contributed by atoms with Crippen LogP contribution in [0, 0.1) is 5.82 Å². The lowest BCUT2D eigenvalue weighted by molar-refractivity contribution is 0.453. The number of nitrogens with two attached hydrogens (primary N) is 1. The van der Waals surface area contributed by atoms with Gasteiger partial charge in [0.05, 0.1) is 6.04 Å². The summed E-state index contributed by atoms with van der Waals surface area (Å²) in [6, 6.07) is 7.40. The Bertz CT molecular complexity index is 524. The predicted octanol–water partition coefficient (Wildman–Crippen LogP) is 3.68. The van der Waals surface area contributed by atoms with E-state index in [9.17, 15) is 4.39 Å². The molecular formula is C13H13ClFNO. The van der Waals surface area contributed by atoms with E-state index in [0.717, 1.165) is 12.2 Å². The van der Waals surface area contributed by atoms with E-state index in [-0.39, 0.29) is 5.82 Å². The monoisotopic (exact) mass is 253 g/mol. The van der Waals surface area contributed by atoms with Crippen LogP contribution < -0.4 is 5.73 Å². The lowest BCUT2D eigenvalue weighted by Gasteiger charge is -2.11. The van der Waals surface area contributed by atoms with Gasteiger partial charge in [0, 0.05) is 11.4 Å². The van der Waals surface area contributed by atoms with Crippen LogP contribution in [0.15, 0.2) is 34.7 Å². The number of hydrogen-bond donors (Lipinski definition) is 1. The molecule has 1 heterocycles. The van der Waals surface area contributed by atoms with Crippen molar-refractivity contribution in [3.05, 3.63) is 58.3 Å². The number of rotatable bonds is 3. The summed E-state index contributed by atoms with van der Waals surface area (Å²) in [5.74, 6) is 1.13. The van der Waals surface area contributed by atoms with Gasteiger partial charge in [-0.15, -0.1) is 0 Å². The highest BCUT2D eigenvalue weighted by atomic mass is 35.5. The molecule has 1 aromatic heterocycles. The van der Waals surface area contributed by atoms with Crippen molar-refractivity contribution in [1.29, 1.82) is 0 Å². The van der Waals surface area contributed by atoms with Crippen molar-refractivity contribution in [1.82, 2.24) is 0 Å². The molecule has 4 heteroatoms. The molecule has 0 spiro atoms. The van der Waals surface area contributed by atoms with Crippen molar-refractivity contribution in [3.63, 3.8) is 0 Å². The van der Waals surface area contributed by atoms with Gasteiger partial charge in [-0.2, -0.15) is 0 Å². The van der Waals surface area contributed by atoms with Crippen molar-refractivity contribution in [3.8, 4) is 0 Å². The second-order valence-electron chi connectivity index (χ2n) is 3.80. The molecule has 1 unspecified atom stereocenters. The van der Waals surface area contributed by atoms with Gasteiger partial charge < -0.3 is 10.2 Å². The molecule has 2 rings (SSSR count). The smallest absolute Gasteiger partial charge is 0.125 e. The molecule has 0 aliphatic carbocycles. The van der Waals surface area contributed by atoms with Gasteiger partial charge in [-0.1, -0.05) is 24.6 Å². The van der Waals surface area contributed by atoms with E-state index < -0.39 is 6.04 Å². The van der Waals surface area contributed by atoms with Crippen LogP contribution in [-0.2, 0) is 6.42 Å². The minimum atomic E-state index is -0.469. The van der Waals surface area contributed by atoms with Crippen LogP contribution in [0.25, 0.3) is 0 Å². The fraction of sp³-hybridized carbons (Fsp3) is 0.231. The molecule has 2 N–H and O–H groups in total. The quantitative estimate of drug-likeness (QED) is 0.906. The van der Waals surface area contributed by atoms with Crippen molar-refractivity contribution >= 4 is 11.6 Å². The van der Waals surface area contributed by atoms with Gasteiger partial charge in [-0.3, -0.25) is 0 Å². The first-order valence-electron chi connectivity index (χ1n) is 5.41. The standard InChI is InChI=1S/C13H13ClFNO/c1-2-9-4-6-12(17-9)13(16)10-5-3-8(15)7-11(10)14/h3-7,13H,2,16H2,1H3. The summed E-state index contributed by atoms with van der Waals surface area (Å²) >= 11 is 5.95. The third kappa shape index (κ3) is 2.51.